The van der Waals surface area contributed by atoms with Gasteiger partial charge in [0.1, 0.15) is 72.9 Å². The van der Waals surface area contributed by atoms with Crippen molar-refractivity contribution in [3.8, 4) is 5.75 Å². The van der Waals surface area contributed by atoms with Gasteiger partial charge in [-0.05, 0) is 107 Å². The highest BCUT2D eigenvalue weighted by Crippen LogP contribution is 2.27. The topological polar surface area (TPSA) is 419 Å². The van der Waals surface area contributed by atoms with E-state index in [2.05, 4.69) is 42.4 Å². The van der Waals surface area contributed by atoms with Gasteiger partial charge in [0.15, 0.2) is 0 Å². The summed E-state index contributed by atoms with van der Waals surface area (Å²) in [6.45, 7) is 6.62. The Morgan fingerprint density at radius 2 is 1.26 bits per heavy atom. The molecule has 0 saturated carbocycles. The van der Waals surface area contributed by atoms with Gasteiger partial charge >= 0.3 is 5.97 Å². The van der Waals surface area contributed by atoms with Crippen LogP contribution < -0.4 is 53.4 Å². The first-order chi connectivity index (χ1) is 39.9. The number of ether oxygens (including phenoxy) is 1. The lowest BCUT2D eigenvalue weighted by molar-refractivity contribution is -0.144. The Balaban J connectivity index is 1.55. The standard InChI is InChI=1S/C54H80N12O16S2/c1-29(2)19-36-49(75)60-37(23-44(70)71)48(74)58-30(3)53(79)65-15-9-12-41(65)51(77)64-45(31(4)67)52(78)62-38(46(56)72)27-83-25-32-20-33-22-34(21-32)81-17-7-5-6-8-18-82-57-24-43(69)59-35(13-14-42(55)68)47(73)63-39(28-84-26-33)54(80)66-16-10-11-40(66)50(76)61-36/h20-22,24,29-31,35-41,45,67H,5-19,23,25-28H2,1-4H3,(H2,55,68)(H2,56,72)(H,58,74)(H,59,69)(H,60,75)(H,61,76)(H,62,78)(H,63,73)(H,64,77)(H,70,71)/b57-24+/t30-,31+,35-,36-,37-,38-,39-,40-,41-,45?/m0/s1. The second kappa shape index (κ2) is 33.3. The average Bonchev–Trinajstić information content (AvgIpc) is 4.34. The molecule has 28 nitrogen and oxygen atoms in total. The number of primary amides is 2. The maximum absolute atomic E-state index is 14.9. The van der Waals surface area contributed by atoms with E-state index in [-0.39, 0.29) is 80.7 Å². The molecule has 1 unspecified atom stereocenters. The summed E-state index contributed by atoms with van der Waals surface area (Å²) in [7, 11) is 0. The summed E-state index contributed by atoms with van der Waals surface area (Å²) in [6.07, 6.45) is 1.40. The molecule has 13 N–H and O–H groups in total. The lowest BCUT2D eigenvalue weighted by Crippen LogP contribution is -2.61. The minimum Gasteiger partial charge on any atom is -0.494 e. The molecule has 2 fully saturated rings. The molecule has 84 heavy (non-hydrogen) atoms. The fourth-order valence-electron chi connectivity index (χ4n) is 9.90. The highest BCUT2D eigenvalue weighted by molar-refractivity contribution is 7.98. The Bertz CT molecular complexity index is 2590. The molecule has 11 amide bonds. The number of nitrogens with one attached hydrogen (secondary N) is 7. The van der Waals surface area contributed by atoms with E-state index < -0.39 is 138 Å². The molecule has 30 heteroatoms. The summed E-state index contributed by atoms with van der Waals surface area (Å²) in [5.74, 6) is -10.4. The Hall–Kier alpha value is -7.21. The molecule has 5 rings (SSSR count). The van der Waals surface area contributed by atoms with Gasteiger partial charge in [-0.15, -0.1) is 0 Å². The number of carbonyl (C=O) groups excluding carboxylic acids is 11. The SMILES string of the molecule is CC(C)C[C@@H]1NC(=O)[C@@H]2CCCN2C(=O)[C@@H]2CSCc3cc(cc(c3)OCCCCCCO/N=C/C(=O)N[C@@H](CCC(N)=O)C(=O)N2)CSC[C@@H](C(N)=O)NC(=O)C([C@@H](C)O)NC(=O)[C@@H]2CCCN2C(=O)[C@H](C)NC(=O)[C@H](CC(=O)O)NC1=O. The molecule has 1 aromatic rings. The quantitative estimate of drug-likeness (QED) is 0.130. The Kier molecular flexibility index (Phi) is 26.8. The van der Waals surface area contributed by atoms with Gasteiger partial charge in [-0.2, -0.15) is 23.5 Å². The Morgan fingerprint density at radius 1 is 0.679 bits per heavy atom. The van der Waals surface area contributed by atoms with Crippen molar-refractivity contribution < 1.29 is 77.3 Å². The van der Waals surface area contributed by atoms with E-state index in [4.69, 9.17) is 21.0 Å². The van der Waals surface area contributed by atoms with Crippen LogP contribution in [0.4, 0.5) is 0 Å². The van der Waals surface area contributed by atoms with E-state index in [0.29, 0.717) is 38.0 Å². The highest BCUT2D eigenvalue weighted by atomic mass is 32.2. The third-order valence-corrected chi connectivity index (χ3v) is 16.4. The number of hydrogen-bond donors (Lipinski definition) is 11. The molecule has 2 saturated heterocycles. The molecule has 4 heterocycles. The zero-order chi connectivity index (χ0) is 61.6. The maximum Gasteiger partial charge on any atom is 0.305 e. The van der Waals surface area contributed by atoms with E-state index in [1.807, 2.05) is 18.2 Å². The first-order valence-corrected chi connectivity index (χ1v) is 30.5. The van der Waals surface area contributed by atoms with Crippen LogP contribution in [0.2, 0.25) is 0 Å². The molecule has 4 bridgehead atoms. The van der Waals surface area contributed by atoms with Gasteiger partial charge in [-0.25, -0.2) is 0 Å². The molecule has 4 aliphatic rings. The predicted molar refractivity (Wildman–Crippen MR) is 307 cm³/mol. The smallest absolute Gasteiger partial charge is 0.305 e. The zero-order valence-corrected chi connectivity index (χ0v) is 49.4. The van der Waals surface area contributed by atoms with Gasteiger partial charge in [0.2, 0.25) is 59.1 Å². The monoisotopic (exact) mass is 1220 g/mol. The minimum absolute atomic E-state index is 0.0204. The van der Waals surface area contributed by atoms with Gasteiger partial charge in [0.25, 0.3) is 5.91 Å². The van der Waals surface area contributed by atoms with Crippen LogP contribution in [0.3, 0.4) is 0 Å². The number of carbonyl (C=O) groups is 12. The number of nitrogens with two attached hydrogens (primary N) is 2. The Morgan fingerprint density at radius 3 is 1.87 bits per heavy atom. The number of nitrogens with zero attached hydrogens (tertiary/aromatic N) is 3. The van der Waals surface area contributed by atoms with Crippen LogP contribution in [0.25, 0.3) is 0 Å². The number of amides is 11. The van der Waals surface area contributed by atoms with Crippen molar-refractivity contribution in [2.75, 3.05) is 37.8 Å². The predicted octanol–water partition coefficient (Wildman–Crippen LogP) is -1.83. The first-order valence-electron chi connectivity index (χ1n) is 28.2. The molecular weight excluding hydrogens is 1140 g/mol. The van der Waals surface area contributed by atoms with Crippen molar-refractivity contribution in [2.24, 2.45) is 22.5 Å². The molecule has 0 aliphatic carbocycles. The molecular formula is C54H80N12O16S2. The van der Waals surface area contributed by atoms with Crippen LogP contribution in [0.15, 0.2) is 23.4 Å². The molecule has 10 atom stereocenters. The van der Waals surface area contributed by atoms with Crippen molar-refractivity contribution in [1.82, 2.24) is 47.0 Å². The highest BCUT2D eigenvalue weighted by Gasteiger charge is 2.42. The van der Waals surface area contributed by atoms with Crippen LogP contribution in [0.5, 0.6) is 5.75 Å². The second-order valence-corrected chi connectivity index (χ2v) is 23.7. The fourth-order valence-corrected chi connectivity index (χ4v) is 11.9. The average molecular weight is 1220 g/mol. The van der Waals surface area contributed by atoms with E-state index >= 15 is 0 Å². The van der Waals surface area contributed by atoms with Crippen molar-refractivity contribution in [3.05, 3.63) is 29.3 Å². The summed E-state index contributed by atoms with van der Waals surface area (Å²) < 4.78 is 6.23. The number of carboxylic acids is 1. The Labute approximate surface area is 495 Å². The fraction of sp³-hybridized carbons (Fsp3) is 0.648. The lowest BCUT2D eigenvalue weighted by Gasteiger charge is -2.31. The van der Waals surface area contributed by atoms with Gasteiger partial charge in [-0.1, -0.05) is 25.1 Å². The summed E-state index contributed by atoms with van der Waals surface area (Å²) in [5, 5.41) is 42.1. The van der Waals surface area contributed by atoms with Crippen LogP contribution in [0, 0.1) is 5.92 Å². The van der Waals surface area contributed by atoms with E-state index in [9.17, 15) is 67.7 Å². The number of aliphatic hydroxyl groups excluding tert-OH is 1. The van der Waals surface area contributed by atoms with Crippen LogP contribution in [-0.4, -0.2) is 195 Å². The van der Waals surface area contributed by atoms with Gasteiger partial charge in [0.05, 0.1) is 19.1 Å². The molecule has 0 radical (unpaired) electrons. The van der Waals surface area contributed by atoms with E-state index in [0.717, 1.165) is 35.1 Å². The largest absolute Gasteiger partial charge is 0.494 e. The summed E-state index contributed by atoms with van der Waals surface area (Å²) in [5.41, 5.74) is 12.7. The summed E-state index contributed by atoms with van der Waals surface area (Å²) in [6, 6.07) is -7.18. The second-order valence-electron chi connectivity index (χ2n) is 21.6. The number of aliphatic carboxylic acids is 1. The lowest BCUT2D eigenvalue weighted by atomic mass is 10.0. The minimum atomic E-state index is -1.79. The van der Waals surface area contributed by atoms with E-state index in [1.165, 1.54) is 42.3 Å². The maximum atomic E-state index is 14.9. The number of fused-ring (bicyclic) bond motifs is 7. The third kappa shape index (κ3) is 21.1. The number of aliphatic hydroxyl groups is 1. The van der Waals surface area contributed by atoms with Gasteiger partial charge in [0, 0.05) is 42.5 Å². The third-order valence-electron chi connectivity index (χ3n) is 14.2. The first kappa shape index (κ1) is 67.6. The van der Waals surface area contributed by atoms with Crippen molar-refractivity contribution in [1.29, 1.82) is 0 Å². The van der Waals surface area contributed by atoms with Crippen molar-refractivity contribution >= 4 is 101 Å². The number of hydrogen-bond acceptors (Lipinski definition) is 18. The van der Waals surface area contributed by atoms with Crippen LogP contribution in [-0.2, 0) is 73.9 Å². The molecule has 0 aromatic heterocycles. The van der Waals surface area contributed by atoms with Gasteiger partial charge in [-0.3, -0.25) is 57.5 Å². The number of thioether (sulfide) groups is 2. The molecule has 464 valence electrons. The normalized spacial score (nSPS) is 27.5. The number of carboxylic acid groups (broad SMARTS) is 1. The van der Waals surface area contributed by atoms with Crippen molar-refractivity contribution in [2.45, 2.75) is 177 Å². The number of rotatable bonds is 9. The summed E-state index contributed by atoms with van der Waals surface area (Å²) in [4.78, 5) is 171. The van der Waals surface area contributed by atoms with Crippen LogP contribution in [0.1, 0.15) is 116 Å². The van der Waals surface area contributed by atoms with Gasteiger partial charge < -0.3 is 78.3 Å². The van der Waals surface area contributed by atoms with Crippen LogP contribution >= 0.6 is 23.5 Å². The summed E-state index contributed by atoms with van der Waals surface area (Å²) >= 11 is 2.46. The molecule has 0 spiro atoms. The number of oxime groups is 1. The zero-order valence-electron chi connectivity index (χ0n) is 47.7. The molecule has 1 aromatic carbocycles. The van der Waals surface area contributed by atoms with E-state index in [1.54, 1.807) is 13.8 Å². The van der Waals surface area contributed by atoms with Crippen molar-refractivity contribution in [3.63, 3.8) is 0 Å². The number of benzene rings is 1. The molecule has 4 aliphatic heterocycles.